The summed E-state index contributed by atoms with van der Waals surface area (Å²) < 4.78 is 12.3. The highest BCUT2D eigenvalue weighted by atomic mass is 28.4. The maximum Gasteiger partial charge on any atom is 0.417 e. The number of carbonyl (C=O) groups excluding carboxylic acids is 2. The number of nitrogens with zero attached hydrogens (tertiary/aromatic N) is 1. The molecule has 28 heavy (non-hydrogen) atoms. The topological polar surface area (TPSA) is 55.8 Å². The number of hydrogen-bond donors (Lipinski definition) is 0. The highest BCUT2D eigenvalue weighted by Crippen LogP contribution is 2.36. The van der Waals surface area contributed by atoms with Crippen molar-refractivity contribution in [1.82, 2.24) is 4.90 Å². The second kappa shape index (κ2) is 9.05. The van der Waals surface area contributed by atoms with Crippen molar-refractivity contribution in [3.63, 3.8) is 0 Å². The van der Waals surface area contributed by atoms with Crippen molar-refractivity contribution in [3.05, 3.63) is 48.0 Å². The van der Waals surface area contributed by atoms with Crippen LogP contribution in [0, 0.1) is 0 Å². The molecular formula is C22H33NO4Si. The smallest absolute Gasteiger partial charge is 0.417 e. The van der Waals surface area contributed by atoms with Crippen molar-refractivity contribution in [2.75, 3.05) is 0 Å². The van der Waals surface area contributed by atoms with Gasteiger partial charge in [0, 0.05) is 6.08 Å². The number of amides is 2. The van der Waals surface area contributed by atoms with Crippen molar-refractivity contribution in [3.8, 4) is 0 Å². The SMILES string of the molecule is CC[Si](CC)(CC)O[C@@H](c1ccccc1)C1C=CC(=O)N1C(=O)OC(C)(C)C. The van der Waals surface area contributed by atoms with Gasteiger partial charge in [-0.1, -0.05) is 57.2 Å². The van der Waals surface area contributed by atoms with Gasteiger partial charge in [-0.2, -0.15) is 0 Å². The minimum atomic E-state index is -1.99. The summed E-state index contributed by atoms with van der Waals surface area (Å²) in [5.74, 6) is -0.361. The van der Waals surface area contributed by atoms with Crippen LogP contribution in [0.3, 0.4) is 0 Å². The van der Waals surface area contributed by atoms with Crippen LogP contribution >= 0.6 is 0 Å². The molecule has 2 amide bonds. The van der Waals surface area contributed by atoms with Crippen molar-refractivity contribution in [1.29, 1.82) is 0 Å². The fourth-order valence-electron chi connectivity index (χ4n) is 3.50. The third kappa shape index (κ3) is 5.11. The number of ether oxygens (including phenoxy) is 1. The Morgan fingerprint density at radius 1 is 1.11 bits per heavy atom. The van der Waals surface area contributed by atoms with Crippen LogP contribution in [-0.2, 0) is 14.0 Å². The van der Waals surface area contributed by atoms with E-state index >= 15 is 0 Å². The van der Waals surface area contributed by atoms with Gasteiger partial charge in [-0.3, -0.25) is 4.79 Å². The van der Waals surface area contributed by atoms with Gasteiger partial charge in [0.2, 0.25) is 0 Å². The molecule has 1 heterocycles. The van der Waals surface area contributed by atoms with E-state index in [1.165, 1.54) is 11.0 Å². The molecule has 2 atom stereocenters. The summed E-state index contributed by atoms with van der Waals surface area (Å²) >= 11 is 0. The minimum Gasteiger partial charge on any atom is -0.443 e. The van der Waals surface area contributed by atoms with E-state index in [1.807, 2.05) is 30.3 Å². The molecule has 154 valence electrons. The second-order valence-electron chi connectivity index (χ2n) is 8.23. The first-order valence-corrected chi connectivity index (χ1v) is 12.7. The zero-order valence-electron chi connectivity index (χ0n) is 17.9. The molecule has 6 heteroatoms. The first-order chi connectivity index (χ1) is 13.2. The lowest BCUT2D eigenvalue weighted by atomic mass is 10.0. The Labute approximate surface area is 169 Å². The highest BCUT2D eigenvalue weighted by molar-refractivity contribution is 6.73. The number of rotatable bonds is 7. The summed E-state index contributed by atoms with van der Waals surface area (Å²) in [5, 5.41) is 0. The predicted molar refractivity (Wildman–Crippen MR) is 113 cm³/mol. The molecule has 1 aromatic carbocycles. The zero-order chi connectivity index (χ0) is 20.9. The molecule has 2 rings (SSSR count). The van der Waals surface area contributed by atoms with Crippen LogP contribution in [-0.4, -0.2) is 36.9 Å². The van der Waals surface area contributed by atoms with E-state index < -0.39 is 32.2 Å². The Kier molecular flexibility index (Phi) is 7.23. The van der Waals surface area contributed by atoms with Crippen LogP contribution in [0.2, 0.25) is 18.1 Å². The maximum atomic E-state index is 12.8. The van der Waals surface area contributed by atoms with Crippen LogP contribution in [0.4, 0.5) is 4.79 Å². The zero-order valence-corrected chi connectivity index (χ0v) is 18.9. The number of imide groups is 1. The molecule has 0 fully saturated rings. The maximum absolute atomic E-state index is 12.8. The van der Waals surface area contributed by atoms with Gasteiger partial charge in [0.05, 0.1) is 12.1 Å². The number of carbonyl (C=O) groups is 2. The van der Waals surface area contributed by atoms with E-state index in [0.29, 0.717) is 0 Å². The standard InChI is InChI=1S/C22H33NO4Si/c1-7-28(8-2,9-3)27-20(17-13-11-10-12-14-17)18-15-16-19(24)23(18)21(25)26-22(4,5)6/h10-16,18,20H,7-9H2,1-6H3/t18?,20-/m0/s1. The normalized spacial score (nSPS) is 18.4. The average Bonchev–Trinajstić information content (AvgIpc) is 3.04. The molecule has 1 aliphatic heterocycles. The minimum absolute atomic E-state index is 0.361. The van der Waals surface area contributed by atoms with Gasteiger partial charge in [-0.25, -0.2) is 9.69 Å². The lowest BCUT2D eigenvalue weighted by Gasteiger charge is -2.38. The van der Waals surface area contributed by atoms with E-state index in [9.17, 15) is 9.59 Å². The highest BCUT2D eigenvalue weighted by Gasteiger charge is 2.43. The van der Waals surface area contributed by atoms with Gasteiger partial charge in [-0.05, 0) is 44.5 Å². The number of benzene rings is 1. The molecule has 0 saturated heterocycles. The molecule has 1 aromatic rings. The molecule has 0 saturated carbocycles. The molecule has 0 aromatic heterocycles. The molecule has 5 nitrogen and oxygen atoms in total. The fraction of sp³-hybridized carbons (Fsp3) is 0.545. The molecular weight excluding hydrogens is 370 g/mol. The summed E-state index contributed by atoms with van der Waals surface area (Å²) in [7, 11) is -1.99. The Hall–Kier alpha value is -1.92. The summed E-state index contributed by atoms with van der Waals surface area (Å²) in [5.41, 5.74) is 0.287. The van der Waals surface area contributed by atoms with Gasteiger partial charge < -0.3 is 9.16 Å². The Balaban J connectivity index is 2.42. The quantitative estimate of drug-likeness (QED) is 0.568. The van der Waals surface area contributed by atoms with Crippen LogP contribution in [0.25, 0.3) is 0 Å². The van der Waals surface area contributed by atoms with Crippen LogP contribution in [0.1, 0.15) is 53.2 Å². The van der Waals surface area contributed by atoms with Gasteiger partial charge >= 0.3 is 6.09 Å². The second-order valence-corrected chi connectivity index (χ2v) is 13.0. The number of hydrogen-bond acceptors (Lipinski definition) is 4. The van der Waals surface area contributed by atoms with Crippen LogP contribution in [0.5, 0.6) is 0 Å². The van der Waals surface area contributed by atoms with Crippen molar-refractivity contribution in [2.24, 2.45) is 0 Å². The molecule has 0 radical (unpaired) electrons. The Bertz CT molecular complexity index is 699. The third-order valence-corrected chi connectivity index (χ3v) is 9.93. The lowest BCUT2D eigenvalue weighted by Crippen LogP contribution is -2.48. The van der Waals surface area contributed by atoms with Crippen LogP contribution < -0.4 is 0 Å². The van der Waals surface area contributed by atoms with E-state index in [2.05, 4.69) is 20.8 Å². The molecule has 1 unspecified atom stereocenters. The summed E-state index contributed by atoms with van der Waals surface area (Å²) in [6.45, 7) is 11.9. The van der Waals surface area contributed by atoms with Gasteiger partial charge in [0.15, 0.2) is 8.32 Å². The van der Waals surface area contributed by atoms with Crippen molar-refractivity contribution >= 4 is 20.3 Å². The van der Waals surface area contributed by atoms with E-state index in [1.54, 1.807) is 26.8 Å². The van der Waals surface area contributed by atoms with Gasteiger partial charge in [0.25, 0.3) is 5.91 Å². The third-order valence-electron chi connectivity index (χ3n) is 5.31. The Morgan fingerprint density at radius 2 is 1.68 bits per heavy atom. The Morgan fingerprint density at radius 3 is 2.18 bits per heavy atom. The summed E-state index contributed by atoms with van der Waals surface area (Å²) in [6, 6.07) is 12.3. The fourth-order valence-corrected chi connectivity index (χ4v) is 6.31. The first-order valence-electron chi connectivity index (χ1n) is 10.1. The van der Waals surface area contributed by atoms with E-state index in [0.717, 1.165) is 23.7 Å². The van der Waals surface area contributed by atoms with Crippen LogP contribution in [0.15, 0.2) is 42.5 Å². The molecule has 0 aliphatic carbocycles. The van der Waals surface area contributed by atoms with Gasteiger partial charge in [-0.15, -0.1) is 0 Å². The molecule has 1 aliphatic rings. The largest absolute Gasteiger partial charge is 0.443 e. The molecule has 0 spiro atoms. The van der Waals surface area contributed by atoms with E-state index in [-0.39, 0.29) is 5.91 Å². The molecule has 0 bridgehead atoms. The van der Waals surface area contributed by atoms with Crippen molar-refractivity contribution < 1.29 is 18.8 Å². The van der Waals surface area contributed by atoms with Gasteiger partial charge in [0.1, 0.15) is 5.60 Å². The lowest BCUT2D eigenvalue weighted by molar-refractivity contribution is -0.126. The summed E-state index contributed by atoms with van der Waals surface area (Å²) in [4.78, 5) is 26.5. The predicted octanol–water partition coefficient (Wildman–Crippen LogP) is 5.45. The molecule has 0 N–H and O–H groups in total. The first kappa shape index (κ1) is 22.4. The van der Waals surface area contributed by atoms with E-state index in [4.69, 9.17) is 9.16 Å². The monoisotopic (exact) mass is 403 g/mol. The average molecular weight is 404 g/mol. The summed E-state index contributed by atoms with van der Waals surface area (Å²) in [6.07, 6.45) is 2.18. The van der Waals surface area contributed by atoms with Crippen molar-refractivity contribution in [2.45, 2.75) is 77.4 Å².